The Morgan fingerprint density at radius 1 is 1.92 bits per heavy atom. The highest BCUT2D eigenvalue weighted by Crippen LogP contribution is 2.38. The average Bonchev–Trinajstić information content (AvgIpc) is 2.26. The fraction of sp³-hybridized carbons (Fsp3) is 0.667. The Morgan fingerprint density at radius 2 is 2.58 bits per heavy atom. The largest absolute Gasteiger partial charge is 0.459 e. The lowest BCUT2D eigenvalue weighted by Crippen LogP contribution is -2.30. The lowest BCUT2D eigenvalue weighted by molar-refractivity contribution is -0.143. The van der Waals surface area contributed by atoms with Crippen LogP contribution in [0.2, 0.25) is 0 Å². The van der Waals surface area contributed by atoms with Crippen LogP contribution >= 0.6 is 0 Å². The standard InChI is InChI=1S/C9H14O3/c1-3-4-9(2)5-8(11)12-7(9)6-10/h3,7,10H,1,4-6H2,2H3. The van der Waals surface area contributed by atoms with E-state index < -0.39 is 0 Å². The maximum absolute atomic E-state index is 10.9. The molecule has 1 heterocycles. The quantitative estimate of drug-likeness (QED) is 0.505. The van der Waals surface area contributed by atoms with Crippen LogP contribution in [-0.2, 0) is 9.53 Å². The molecule has 68 valence electrons. The van der Waals surface area contributed by atoms with Gasteiger partial charge in [-0.15, -0.1) is 6.58 Å². The summed E-state index contributed by atoms with van der Waals surface area (Å²) < 4.78 is 4.94. The van der Waals surface area contributed by atoms with Crippen molar-refractivity contribution in [2.24, 2.45) is 5.41 Å². The van der Waals surface area contributed by atoms with Gasteiger partial charge in [-0.1, -0.05) is 13.0 Å². The number of rotatable bonds is 3. The highest BCUT2D eigenvalue weighted by molar-refractivity contribution is 5.73. The predicted octanol–water partition coefficient (Wildman–Crippen LogP) is 0.877. The number of aliphatic hydroxyl groups is 1. The first-order valence-corrected chi connectivity index (χ1v) is 4.03. The van der Waals surface area contributed by atoms with E-state index in [1.807, 2.05) is 6.92 Å². The van der Waals surface area contributed by atoms with Crippen molar-refractivity contribution in [3.63, 3.8) is 0 Å². The zero-order valence-corrected chi connectivity index (χ0v) is 7.25. The maximum atomic E-state index is 10.9. The molecule has 1 aliphatic heterocycles. The zero-order chi connectivity index (χ0) is 9.19. The molecule has 1 aliphatic rings. The SMILES string of the molecule is C=CCC1(C)CC(=O)OC1CO. The minimum Gasteiger partial charge on any atom is -0.459 e. The Kier molecular flexibility index (Phi) is 2.52. The number of carbonyl (C=O) groups excluding carboxylic acids is 1. The molecule has 3 heteroatoms. The first kappa shape index (κ1) is 9.26. The normalized spacial score (nSPS) is 34.8. The summed E-state index contributed by atoms with van der Waals surface area (Å²) in [7, 11) is 0. The molecular formula is C9H14O3. The Morgan fingerprint density at radius 3 is 3.08 bits per heavy atom. The monoisotopic (exact) mass is 170 g/mol. The number of aliphatic hydroxyl groups excluding tert-OH is 1. The van der Waals surface area contributed by atoms with Crippen LogP contribution in [0.5, 0.6) is 0 Å². The van der Waals surface area contributed by atoms with E-state index in [1.165, 1.54) is 0 Å². The fourth-order valence-electron chi connectivity index (χ4n) is 1.58. The number of ether oxygens (including phenoxy) is 1. The summed E-state index contributed by atoms with van der Waals surface area (Å²) >= 11 is 0. The molecule has 0 amide bonds. The van der Waals surface area contributed by atoms with Gasteiger partial charge in [0.05, 0.1) is 13.0 Å². The van der Waals surface area contributed by atoms with E-state index in [2.05, 4.69) is 6.58 Å². The van der Waals surface area contributed by atoms with E-state index in [-0.39, 0.29) is 24.1 Å². The molecule has 0 spiro atoms. The summed E-state index contributed by atoms with van der Waals surface area (Å²) in [5.74, 6) is -0.224. The molecule has 1 N–H and O–H groups in total. The Balaban J connectivity index is 2.72. The molecule has 1 fully saturated rings. The van der Waals surface area contributed by atoms with E-state index in [4.69, 9.17) is 9.84 Å². The van der Waals surface area contributed by atoms with Crippen molar-refractivity contribution in [2.75, 3.05) is 6.61 Å². The summed E-state index contributed by atoms with van der Waals surface area (Å²) in [4.78, 5) is 10.9. The minimum absolute atomic E-state index is 0.101. The highest BCUT2D eigenvalue weighted by atomic mass is 16.6. The van der Waals surface area contributed by atoms with Gasteiger partial charge in [0.15, 0.2) is 0 Å². The van der Waals surface area contributed by atoms with E-state index >= 15 is 0 Å². The number of cyclic esters (lactones) is 1. The first-order chi connectivity index (χ1) is 5.62. The molecule has 3 nitrogen and oxygen atoms in total. The van der Waals surface area contributed by atoms with Crippen LogP contribution in [0, 0.1) is 5.41 Å². The molecule has 0 radical (unpaired) electrons. The van der Waals surface area contributed by atoms with Crippen LogP contribution < -0.4 is 0 Å². The van der Waals surface area contributed by atoms with Gasteiger partial charge in [0.25, 0.3) is 0 Å². The van der Waals surface area contributed by atoms with Crippen molar-refractivity contribution < 1.29 is 14.6 Å². The van der Waals surface area contributed by atoms with Gasteiger partial charge in [-0.05, 0) is 6.42 Å². The predicted molar refractivity (Wildman–Crippen MR) is 44.5 cm³/mol. The molecule has 1 saturated heterocycles. The second-order valence-electron chi connectivity index (χ2n) is 3.48. The van der Waals surface area contributed by atoms with Crippen molar-refractivity contribution in [2.45, 2.75) is 25.9 Å². The van der Waals surface area contributed by atoms with Gasteiger partial charge >= 0.3 is 5.97 Å². The average molecular weight is 170 g/mol. The van der Waals surface area contributed by atoms with Crippen molar-refractivity contribution in [1.29, 1.82) is 0 Å². The third-order valence-corrected chi connectivity index (χ3v) is 2.38. The van der Waals surface area contributed by atoms with Crippen molar-refractivity contribution in [1.82, 2.24) is 0 Å². The number of esters is 1. The van der Waals surface area contributed by atoms with Gasteiger partial charge in [-0.25, -0.2) is 0 Å². The summed E-state index contributed by atoms with van der Waals surface area (Å²) in [6.07, 6.45) is 2.47. The smallest absolute Gasteiger partial charge is 0.306 e. The summed E-state index contributed by atoms with van der Waals surface area (Å²) in [6, 6.07) is 0. The molecule has 0 saturated carbocycles. The van der Waals surface area contributed by atoms with Gasteiger partial charge < -0.3 is 9.84 Å². The van der Waals surface area contributed by atoms with Crippen LogP contribution in [-0.4, -0.2) is 23.8 Å². The zero-order valence-electron chi connectivity index (χ0n) is 7.25. The lowest BCUT2D eigenvalue weighted by Gasteiger charge is -2.25. The molecule has 2 atom stereocenters. The van der Waals surface area contributed by atoms with Gasteiger partial charge in [0, 0.05) is 5.41 Å². The summed E-state index contributed by atoms with van der Waals surface area (Å²) in [5, 5.41) is 8.93. The van der Waals surface area contributed by atoms with Crippen LogP contribution in [0.1, 0.15) is 19.8 Å². The molecule has 12 heavy (non-hydrogen) atoms. The van der Waals surface area contributed by atoms with Gasteiger partial charge in [0.2, 0.25) is 0 Å². The Hall–Kier alpha value is -0.830. The van der Waals surface area contributed by atoms with Crippen molar-refractivity contribution in [3.05, 3.63) is 12.7 Å². The first-order valence-electron chi connectivity index (χ1n) is 4.03. The van der Waals surface area contributed by atoms with Crippen LogP contribution in [0.25, 0.3) is 0 Å². The third-order valence-electron chi connectivity index (χ3n) is 2.38. The minimum atomic E-state index is -0.358. The number of allylic oxidation sites excluding steroid dienone is 1. The summed E-state index contributed by atoms with van der Waals surface area (Å²) in [5.41, 5.74) is -0.256. The molecular weight excluding hydrogens is 156 g/mol. The molecule has 0 aliphatic carbocycles. The van der Waals surface area contributed by atoms with Crippen molar-refractivity contribution >= 4 is 5.97 Å². The van der Waals surface area contributed by atoms with E-state index in [0.717, 1.165) is 0 Å². The number of carbonyl (C=O) groups is 1. The molecule has 1 rings (SSSR count). The van der Waals surface area contributed by atoms with Gasteiger partial charge in [-0.2, -0.15) is 0 Å². The molecule has 0 aromatic carbocycles. The topological polar surface area (TPSA) is 46.5 Å². The van der Waals surface area contributed by atoms with E-state index in [1.54, 1.807) is 6.08 Å². The Labute approximate surface area is 72.0 Å². The molecule has 0 aromatic rings. The van der Waals surface area contributed by atoms with Crippen LogP contribution in [0.4, 0.5) is 0 Å². The lowest BCUT2D eigenvalue weighted by atomic mass is 9.80. The second-order valence-corrected chi connectivity index (χ2v) is 3.48. The van der Waals surface area contributed by atoms with E-state index in [0.29, 0.717) is 12.8 Å². The number of hydrogen-bond acceptors (Lipinski definition) is 3. The van der Waals surface area contributed by atoms with Crippen LogP contribution in [0.3, 0.4) is 0 Å². The fourth-order valence-corrected chi connectivity index (χ4v) is 1.58. The van der Waals surface area contributed by atoms with Crippen LogP contribution in [0.15, 0.2) is 12.7 Å². The molecule has 0 bridgehead atoms. The van der Waals surface area contributed by atoms with E-state index in [9.17, 15) is 4.79 Å². The van der Waals surface area contributed by atoms with Gasteiger partial charge in [-0.3, -0.25) is 4.79 Å². The maximum Gasteiger partial charge on any atom is 0.306 e. The Bertz CT molecular complexity index is 200. The molecule has 2 unspecified atom stereocenters. The van der Waals surface area contributed by atoms with Gasteiger partial charge in [0.1, 0.15) is 6.10 Å². The summed E-state index contributed by atoms with van der Waals surface area (Å²) in [6.45, 7) is 5.44. The van der Waals surface area contributed by atoms with Crippen molar-refractivity contribution in [3.8, 4) is 0 Å². The third kappa shape index (κ3) is 1.50. The number of hydrogen-bond donors (Lipinski definition) is 1. The highest BCUT2D eigenvalue weighted by Gasteiger charge is 2.43. The second kappa shape index (κ2) is 3.27. The molecule has 0 aromatic heterocycles.